The zero-order chi connectivity index (χ0) is 22.9. The van der Waals surface area contributed by atoms with Gasteiger partial charge in [0.1, 0.15) is 0 Å². The first kappa shape index (κ1) is 22.1. The van der Waals surface area contributed by atoms with Crippen molar-refractivity contribution in [2.75, 3.05) is 11.9 Å². The maximum atomic E-state index is 12.9. The van der Waals surface area contributed by atoms with Crippen molar-refractivity contribution in [3.63, 3.8) is 0 Å². The van der Waals surface area contributed by atoms with Crippen LogP contribution in [0.1, 0.15) is 41.8 Å². The molecule has 1 heterocycles. The van der Waals surface area contributed by atoms with E-state index in [0.29, 0.717) is 29.2 Å². The standard InChI is InChI=1S/C25H26ClN3O3/c1-16-8-10-21(11-9-16)29-18(3)23(17(2)28-29)27-22(30)15-32-24(31)25(12-5-13-25)19-6-4-7-20(26)14-19/h4,6-11,14H,5,12-13,15H2,1-3H3,(H,27,30). The summed E-state index contributed by atoms with van der Waals surface area (Å²) in [5.74, 6) is -0.779. The molecule has 1 saturated carbocycles. The number of nitrogens with zero attached hydrogens (tertiary/aromatic N) is 2. The first-order valence-corrected chi connectivity index (χ1v) is 11.0. The zero-order valence-corrected chi connectivity index (χ0v) is 19.2. The van der Waals surface area contributed by atoms with Crippen LogP contribution in [-0.4, -0.2) is 28.3 Å². The van der Waals surface area contributed by atoms with Gasteiger partial charge in [-0.3, -0.25) is 9.59 Å². The van der Waals surface area contributed by atoms with E-state index in [4.69, 9.17) is 16.3 Å². The number of benzene rings is 2. The Hall–Kier alpha value is -3.12. The van der Waals surface area contributed by atoms with Crippen molar-refractivity contribution in [1.82, 2.24) is 9.78 Å². The number of esters is 1. The monoisotopic (exact) mass is 451 g/mol. The van der Waals surface area contributed by atoms with E-state index >= 15 is 0 Å². The van der Waals surface area contributed by atoms with Crippen LogP contribution in [0.2, 0.25) is 5.02 Å². The fraction of sp³-hybridized carbons (Fsp3) is 0.320. The third kappa shape index (κ3) is 4.15. The fourth-order valence-electron chi connectivity index (χ4n) is 4.13. The Morgan fingerprint density at radius 1 is 1.12 bits per heavy atom. The molecule has 4 rings (SSSR count). The average molecular weight is 452 g/mol. The highest BCUT2D eigenvalue weighted by molar-refractivity contribution is 6.30. The topological polar surface area (TPSA) is 73.2 Å². The number of amides is 1. The minimum absolute atomic E-state index is 0.351. The fourth-order valence-corrected chi connectivity index (χ4v) is 4.32. The molecule has 1 aliphatic rings. The van der Waals surface area contributed by atoms with E-state index in [9.17, 15) is 9.59 Å². The Bertz CT molecular complexity index is 1160. The van der Waals surface area contributed by atoms with E-state index in [2.05, 4.69) is 10.4 Å². The number of anilines is 1. The molecule has 1 fully saturated rings. The summed E-state index contributed by atoms with van der Waals surface area (Å²) in [6, 6.07) is 15.3. The molecule has 1 amide bonds. The van der Waals surface area contributed by atoms with Crippen LogP contribution < -0.4 is 5.32 Å². The number of hydrogen-bond acceptors (Lipinski definition) is 4. The van der Waals surface area contributed by atoms with Gasteiger partial charge < -0.3 is 10.1 Å². The molecule has 3 aromatic rings. The zero-order valence-electron chi connectivity index (χ0n) is 18.4. The number of carbonyl (C=O) groups excluding carboxylic acids is 2. The highest BCUT2D eigenvalue weighted by Gasteiger charge is 2.47. The molecule has 0 unspecified atom stereocenters. The summed E-state index contributed by atoms with van der Waals surface area (Å²) in [7, 11) is 0. The molecule has 0 spiro atoms. The van der Waals surface area contributed by atoms with Crippen molar-refractivity contribution in [3.05, 3.63) is 76.1 Å². The molecular weight excluding hydrogens is 426 g/mol. The molecule has 0 saturated heterocycles. The van der Waals surface area contributed by atoms with Crippen LogP contribution in [0.5, 0.6) is 0 Å². The molecule has 1 aliphatic carbocycles. The van der Waals surface area contributed by atoms with Crippen molar-refractivity contribution in [3.8, 4) is 5.69 Å². The maximum Gasteiger partial charge on any atom is 0.317 e. The van der Waals surface area contributed by atoms with E-state index in [1.54, 1.807) is 16.8 Å². The summed E-state index contributed by atoms with van der Waals surface area (Å²) < 4.78 is 7.23. The summed E-state index contributed by atoms with van der Waals surface area (Å²) in [6.45, 7) is 5.40. The van der Waals surface area contributed by atoms with Gasteiger partial charge in [-0.2, -0.15) is 5.10 Å². The van der Waals surface area contributed by atoms with Crippen LogP contribution in [0.4, 0.5) is 5.69 Å². The third-order valence-corrected chi connectivity index (χ3v) is 6.38. The van der Waals surface area contributed by atoms with Gasteiger partial charge in [0.15, 0.2) is 6.61 Å². The summed E-state index contributed by atoms with van der Waals surface area (Å²) in [5.41, 5.74) is 4.32. The van der Waals surface area contributed by atoms with Crippen molar-refractivity contribution in [2.45, 2.75) is 45.4 Å². The van der Waals surface area contributed by atoms with Gasteiger partial charge >= 0.3 is 5.97 Å². The van der Waals surface area contributed by atoms with E-state index < -0.39 is 11.3 Å². The minimum Gasteiger partial charge on any atom is -0.455 e. The second-order valence-electron chi connectivity index (χ2n) is 8.36. The largest absolute Gasteiger partial charge is 0.455 e. The Kier molecular flexibility index (Phi) is 6.07. The van der Waals surface area contributed by atoms with Gasteiger partial charge in [-0.05, 0) is 63.4 Å². The molecule has 0 bridgehead atoms. The Morgan fingerprint density at radius 3 is 2.47 bits per heavy atom. The molecule has 6 nitrogen and oxygen atoms in total. The Balaban J connectivity index is 1.43. The van der Waals surface area contributed by atoms with Gasteiger partial charge in [-0.15, -0.1) is 0 Å². The van der Waals surface area contributed by atoms with Crippen molar-refractivity contribution in [1.29, 1.82) is 0 Å². The van der Waals surface area contributed by atoms with Crippen molar-refractivity contribution in [2.24, 2.45) is 0 Å². The van der Waals surface area contributed by atoms with Crippen LogP contribution in [0, 0.1) is 20.8 Å². The molecule has 0 atom stereocenters. The third-order valence-electron chi connectivity index (χ3n) is 6.14. The minimum atomic E-state index is -0.715. The van der Waals surface area contributed by atoms with Gasteiger partial charge in [-0.25, -0.2) is 4.68 Å². The van der Waals surface area contributed by atoms with E-state index in [1.807, 2.05) is 57.2 Å². The van der Waals surface area contributed by atoms with Gasteiger partial charge in [0.05, 0.1) is 28.2 Å². The van der Waals surface area contributed by atoms with Crippen LogP contribution in [0.15, 0.2) is 48.5 Å². The molecule has 1 N–H and O–H groups in total. The second-order valence-corrected chi connectivity index (χ2v) is 8.80. The van der Waals surface area contributed by atoms with E-state index in [1.165, 1.54) is 0 Å². The van der Waals surface area contributed by atoms with Crippen LogP contribution in [-0.2, 0) is 19.7 Å². The van der Waals surface area contributed by atoms with Crippen LogP contribution >= 0.6 is 11.6 Å². The molecule has 1 aromatic heterocycles. The molecule has 0 radical (unpaired) electrons. The number of carbonyl (C=O) groups is 2. The lowest BCUT2D eigenvalue weighted by Gasteiger charge is -2.39. The molecule has 32 heavy (non-hydrogen) atoms. The highest BCUT2D eigenvalue weighted by Crippen LogP contribution is 2.45. The van der Waals surface area contributed by atoms with Crippen LogP contribution in [0.3, 0.4) is 0 Å². The number of hydrogen-bond donors (Lipinski definition) is 1. The number of ether oxygens (including phenoxy) is 1. The summed E-state index contributed by atoms with van der Waals surface area (Å²) >= 11 is 6.11. The molecular formula is C25H26ClN3O3. The van der Waals surface area contributed by atoms with Crippen LogP contribution in [0.25, 0.3) is 5.69 Å². The predicted octanol–water partition coefficient (Wildman–Crippen LogP) is 5.05. The van der Waals surface area contributed by atoms with Crippen molar-refractivity contribution >= 4 is 29.2 Å². The summed E-state index contributed by atoms with van der Waals surface area (Å²) in [5, 5.41) is 7.98. The number of aryl methyl sites for hydroxylation is 2. The molecule has 166 valence electrons. The Morgan fingerprint density at radius 2 is 1.84 bits per heavy atom. The van der Waals surface area contributed by atoms with Gasteiger partial charge in [0.2, 0.25) is 0 Å². The lowest BCUT2D eigenvalue weighted by molar-refractivity contribution is -0.156. The Labute approximate surface area is 192 Å². The van der Waals surface area contributed by atoms with E-state index in [0.717, 1.165) is 28.9 Å². The lowest BCUT2D eigenvalue weighted by Crippen LogP contribution is -2.44. The lowest BCUT2D eigenvalue weighted by atomic mass is 9.64. The molecule has 7 heteroatoms. The number of aromatic nitrogens is 2. The van der Waals surface area contributed by atoms with Gasteiger partial charge in [-0.1, -0.05) is 47.9 Å². The van der Waals surface area contributed by atoms with E-state index in [-0.39, 0.29) is 12.6 Å². The first-order valence-electron chi connectivity index (χ1n) is 10.7. The highest BCUT2D eigenvalue weighted by atomic mass is 35.5. The number of nitrogens with one attached hydrogen (secondary N) is 1. The van der Waals surface area contributed by atoms with Gasteiger partial charge in [0.25, 0.3) is 5.91 Å². The first-order chi connectivity index (χ1) is 15.3. The van der Waals surface area contributed by atoms with Crippen molar-refractivity contribution < 1.29 is 14.3 Å². The second kappa shape index (κ2) is 8.79. The predicted molar refractivity (Wildman–Crippen MR) is 124 cm³/mol. The quantitative estimate of drug-likeness (QED) is 0.532. The SMILES string of the molecule is Cc1ccc(-n2nc(C)c(NC(=O)COC(=O)C3(c4cccc(Cl)c4)CCC3)c2C)cc1. The normalized spacial score (nSPS) is 14.5. The smallest absolute Gasteiger partial charge is 0.317 e. The summed E-state index contributed by atoms with van der Waals surface area (Å²) in [6.07, 6.45) is 2.31. The summed E-state index contributed by atoms with van der Waals surface area (Å²) in [4.78, 5) is 25.5. The number of halogens is 1. The number of rotatable bonds is 6. The molecule has 0 aliphatic heterocycles. The van der Waals surface area contributed by atoms with Gasteiger partial charge in [0, 0.05) is 5.02 Å². The average Bonchev–Trinajstić information content (AvgIpc) is 3.00. The molecule has 2 aromatic carbocycles. The maximum absolute atomic E-state index is 12.9.